The van der Waals surface area contributed by atoms with Gasteiger partial charge in [0.15, 0.2) is 0 Å². The Hall–Kier alpha value is -0.920. The minimum Gasteiger partial charge on any atom is -0.309 e. The van der Waals surface area contributed by atoms with Crippen molar-refractivity contribution in [1.82, 2.24) is 0 Å². The summed E-state index contributed by atoms with van der Waals surface area (Å²) >= 11 is 0. The molecule has 0 aliphatic rings. The summed E-state index contributed by atoms with van der Waals surface area (Å²) in [4.78, 5) is 3.88. The maximum Gasteiger partial charge on any atom is 0.0277 e. The maximum atomic E-state index is 6.84. The smallest absolute Gasteiger partial charge is 0.0277 e. The Morgan fingerprint density at radius 2 is 2.10 bits per heavy atom. The Labute approximate surface area is 62.2 Å². The highest BCUT2D eigenvalue weighted by Crippen LogP contribution is 2.04. The van der Waals surface area contributed by atoms with E-state index in [1.54, 1.807) is 19.3 Å². The molecule has 0 saturated heterocycles. The number of hydrogen-bond acceptors (Lipinski definition) is 2. The molecule has 2 nitrogen and oxygen atoms in total. The molecule has 0 aromatic heterocycles. The van der Waals surface area contributed by atoms with E-state index in [1.165, 1.54) is 6.21 Å². The van der Waals surface area contributed by atoms with Crippen molar-refractivity contribution in [3.63, 3.8) is 0 Å². The van der Waals surface area contributed by atoms with Crippen molar-refractivity contribution in [2.45, 2.75) is 13.8 Å². The molecule has 0 heterocycles. The third-order valence-electron chi connectivity index (χ3n) is 1.22. The van der Waals surface area contributed by atoms with Gasteiger partial charge in [0, 0.05) is 19.5 Å². The maximum absolute atomic E-state index is 6.84. The normalized spacial score (nSPS) is 13.0. The van der Waals surface area contributed by atoms with Gasteiger partial charge in [-0.2, -0.15) is 0 Å². The summed E-state index contributed by atoms with van der Waals surface area (Å²) in [6, 6.07) is 0. The lowest BCUT2D eigenvalue weighted by Gasteiger charge is -2.02. The van der Waals surface area contributed by atoms with E-state index in [2.05, 4.69) is 18.8 Å². The monoisotopic (exact) mass is 138 g/mol. The van der Waals surface area contributed by atoms with Gasteiger partial charge in [-0.1, -0.05) is 13.8 Å². The van der Waals surface area contributed by atoms with Crippen molar-refractivity contribution < 1.29 is 0 Å². The van der Waals surface area contributed by atoms with Crippen molar-refractivity contribution in [3.05, 3.63) is 11.6 Å². The molecule has 0 amide bonds. The molecule has 0 aliphatic carbocycles. The zero-order valence-electron chi connectivity index (χ0n) is 6.76. The molecule has 0 rings (SSSR count). The molecule has 0 aromatic rings. The van der Waals surface area contributed by atoms with E-state index in [4.69, 9.17) is 5.41 Å². The average molecular weight is 138 g/mol. The SMILES string of the molecule is CN=C/C(=C\C=N)C(C)C. The second-order valence-corrected chi connectivity index (χ2v) is 2.38. The number of aliphatic imine (C=N–C) groups is 1. The molecular weight excluding hydrogens is 124 g/mol. The zero-order chi connectivity index (χ0) is 7.98. The number of nitrogens with zero attached hydrogens (tertiary/aromatic N) is 1. The van der Waals surface area contributed by atoms with Gasteiger partial charge in [-0.05, 0) is 17.6 Å². The van der Waals surface area contributed by atoms with Crippen LogP contribution in [-0.2, 0) is 0 Å². The van der Waals surface area contributed by atoms with Crippen LogP contribution in [-0.4, -0.2) is 19.5 Å². The van der Waals surface area contributed by atoms with Gasteiger partial charge in [-0.25, -0.2) is 0 Å². The average Bonchev–Trinajstić information content (AvgIpc) is 1.87. The molecule has 2 heteroatoms. The highest BCUT2D eigenvalue weighted by molar-refractivity contribution is 5.86. The molecule has 0 unspecified atom stereocenters. The van der Waals surface area contributed by atoms with E-state index in [0.717, 1.165) is 5.57 Å². The first kappa shape index (κ1) is 9.08. The summed E-state index contributed by atoms with van der Waals surface area (Å²) in [5.41, 5.74) is 1.09. The minimum absolute atomic E-state index is 0.449. The third-order valence-corrected chi connectivity index (χ3v) is 1.22. The van der Waals surface area contributed by atoms with Crippen molar-refractivity contribution in [2.75, 3.05) is 7.05 Å². The number of allylic oxidation sites excluding steroid dienone is 2. The summed E-state index contributed by atoms with van der Waals surface area (Å²) in [6.45, 7) is 4.16. The lowest BCUT2D eigenvalue weighted by atomic mass is 10.0. The standard InChI is InChI=1S/C8H14N2/c1-7(2)8(4-5-9)6-10-3/h4-7,9H,1-3H3/b8-4+,9-5?,10-6?. The van der Waals surface area contributed by atoms with Crippen LogP contribution in [0.3, 0.4) is 0 Å². The Balaban J connectivity index is 4.25. The molecule has 0 bridgehead atoms. The molecule has 0 fully saturated rings. The number of hydrogen-bond donors (Lipinski definition) is 1. The minimum atomic E-state index is 0.449. The van der Waals surface area contributed by atoms with Gasteiger partial charge < -0.3 is 5.41 Å². The van der Waals surface area contributed by atoms with Crippen LogP contribution in [0.15, 0.2) is 16.6 Å². The number of rotatable bonds is 3. The lowest BCUT2D eigenvalue weighted by Crippen LogP contribution is -1.95. The van der Waals surface area contributed by atoms with Crippen molar-refractivity contribution in [3.8, 4) is 0 Å². The van der Waals surface area contributed by atoms with Gasteiger partial charge in [0.25, 0.3) is 0 Å². The van der Waals surface area contributed by atoms with Gasteiger partial charge in [-0.15, -0.1) is 0 Å². The summed E-state index contributed by atoms with van der Waals surface area (Å²) in [6.07, 6.45) is 4.84. The van der Waals surface area contributed by atoms with E-state index in [9.17, 15) is 0 Å². The lowest BCUT2D eigenvalue weighted by molar-refractivity contribution is 0.807. The quantitative estimate of drug-likeness (QED) is 0.578. The molecule has 0 saturated carbocycles. The van der Waals surface area contributed by atoms with Crippen LogP contribution in [0.2, 0.25) is 0 Å². The fourth-order valence-electron chi connectivity index (χ4n) is 0.630. The largest absolute Gasteiger partial charge is 0.309 e. The first-order valence-corrected chi connectivity index (χ1v) is 3.35. The molecular formula is C8H14N2. The van der Waals surface area contributed by atoms with Gasteiger partial charge in [0.05, 0.1) is 0 Å². The molecule has 0 aliphatic heterocycles. The van der Waals surface area contributed by atoms with Crippen molar-refractivity contribution in [2.24, 2.45) is 10.9 Å². The van der Waals surface area contributed by atoms with E-state index >= 15 is 0 Å². The van der Waals surface area contributed by atoms with Crippen LogP contribution in [0.1, 0.15) is 13.8 Å². The highest BCUT2D eigenvalue weighted by atomic mass is 14.6. The third kappa shape index (κ3) is 3.17. The fourth-order valence-corrected chi connectivity index (χ4v) is 0.630. The second kappa shape index (κ2) is 4.91. The summed E-state index contributed by atoms with van der Waals surface area (Å²) < 4.78 is 0. The second-order valence-electron chi connectivity index (χ2n) is 2.38. The Kier molecular flexibility index (Phi) is 4.46. The Morgan fingerprint density at radius 3 is 2.40 bits per heavy atom. The molecule has 56 valence electrons. The van der Waals surface area contributed by atoms with E-state index in [1.807, 2.05) is 0 Å². The van der Waals surface area contributed by atoms with Crippen molar-refractivity contribution >= 4 is 12.4 Å². The summed E-state index contributed by atoms with van der Waals surface area (Å²) in [5, 5.41) is 6.84. The summed E-state index contributed by atoms with van der Waals surface area (Å²) in [7, 11) is 1.74. The molecule has 0 atom stereocenters. The van der Waals surface area contributed by atoms with Crippen molar-refractivity contribution in [1.29, 1.82) is 5.41 Å². The van der Waals surface area contributed by atoms with Crippen LogP contribution >= 0.6 is 0 Å². The van der Waals surface area contributed by atoms with Crippen LogP contribution < -0.4 is 0 Å². The van der Waals surface area contributed by atoms with Crippen LogP contribution in [0.25, 0.3) is 0 Å². The van der Waals surface area contributed by atoms with Gasteiger partial charge in [0.2, 0.25) is 0 Å². The highest BCUT2D eigenvalue weighted by Gasteiger charge is 1.96. The molecule has 10 heavy (non-hydrogen) atoms. The van der Waals surface area contributed by atoms with E-state index in [0.29, 0.717) is 5.92 Å². The summed E-state index contributed by atoms with van der Waals surface area (Å²) in [5.74, 6) is 0.449. The molecule has 1 N–H and O–H groups in total. The van der Waals surface area contributed by atoms with Crippen LogP contribution in [0.4, 0.5) is 0 Å². The molecule has 0 radical (unpaired) electrons. The molecule has 0 aromatic carbocycles. The van der Waals surface area contributed by atoms with Gasteiger partial charge >= 0.3 is 0 Å². The number of nitrogens with one attached hydrogen (secondary N) is 1. The van der Waals surface area contributed by atoms with Crippen LogP contribution in [0.5, 0.6) is 0 Å². The first-order valence-electron chi connectivity index (χ1n) is 3.35. The van der Waals surface area contributed by atoms with Gasteiger partial charge in [0.1, 0.15) is 0 Å². The Bertz CT molecular complexity index is 155. The Morgan fingerprint density at radius 1 is 1.50 bits per heavy atom. The predicted molar refractivity (Wildman–Crippen MR) is 46.1 cm³/mol. The topological polar surface area (TPSA) is 36.2 Å². The van der Waals surface area contributed by atoms with E-state index in [-0.39, 0.29) is 0 Å². The first-order chi connectivity index (χ1) is 4.72. The van der Waals surface area contributed by atoms with Crippen LogP contribution in [0, 0.1) is 11.3 Å². The van der Waals surface area contributed by atoms with Gasteiger partial charge in [-0.3, -0.25) is 4.99 Å². The predicted octanol–water partition coefficient (Wildman–Crippen LogP) is 1.92. The molecule has 0 spiro atoms. The van der Waals surface area contributed by atoms with E-state index < -0.39 is 0 Å². The fraction of sp³-hybridized carbons (Fsp3) is 0.500. The zero-order valence-corrected chi connectivity index (χ0v) is 6.76.